The van der Waals surface area contributed by atoms with E-state index in [1.165, 1.54) is 0 Å². The Morgan fingerprint density at radius 1 is 1.26 bits per heavy atom. The summed E-state index contributed by atoms with van der Waals surface area (Å²) in [6.07, 6.45) is 4.11. The van der Waals surface area contributed by atoms with Gasteiger partial charge in [0.2, 0.25) is 0 Å². The van der Waals surface area contributed by atoms with Gasteiger partial charge in [0.05, 0.1) is 4.90 Å². The summed E-state index contributed by atoms with van der Waals surface area (Å²) in [6, 6.07) is 8.28. The SMILES string of the molecule is CCC[C@H]1OC(=O)[C@]2(S(=O)(=O)c3ccccc3)CC(C)=CC[C@H]12. The fourth-order valence-electron chi connectivity index (χ4n) is 3.89. The van der Waals surface area contributed by atoms with Crippen molar-refractivity contribution in [1.82, 2.24) is 0 Å². The molecule has 23 heavy (non-hydrogen) atoms. The first-order valence-corrected chi connectivity index (χ1v) is 9.58. The number of fused-ring (bicyclic) bond motifs is 1. The molecule has 3 rings (SSSR count). The maximum atomic E-state index is 13.4. The van der Waals surface area contributed by atoms with Gasteiger partial charge in [-0.05, 0) is 38.3 Å². The van der Waals surface area contributed by atoms with E-state index < -0.39 is 20.6 Å². The smallest absolute Gasteiger partial charge is 0.328 e. The van der Waals surface area contributed by atoms with E-state index in [-0.39, 0.29) is 23.3 Å². The van der Waals surface area contributed by atoms with E-state index in [0.717, 1.165) is 12.0 Å². The lowest BCUT2D eigenvalue weighted by atomic mass is 9.77. The van der Waals surface area contributed by atoms with Crippen LogP contribution >= 0.6 is 0 Å². The molecule has 1 aliphatic heterocycles. The predicted molar refractivity (Wildman–Crippen MR) is 87.6 cm³/mol. The third kappa shape index (κ3) is 2.33. The van der Waals surface area contributed by atoms with Crippen LogP contribution in [0.3, 0.4) is 0 Å². The fourth-order valence-corrected chi connectivity index (χ4v) is 6.16. The number of cyclic esters (lactones) is 1. The number of esters is 1. The number of sulfone groups is 1. The zero-order valence-corrected chi connectivity index (χ0v) is 14.3. The Bertz CT molecular complexity index is 736. The van der Waals surface area contributed by atoms with Crippen molar-refractivity contribution in [3.05, 3.63) is 42.0 Å². The summed E-state index contributed by atoms with van der Waals surface area (Å²) in [5, 5.41) is 0. The maximum absolute atomic E-state index is 13.4. The molecule has 2 aliphatic rings. The van der Waals surface area contributed by atoms with Crippen LogP contribution in [0.15, 0.2) is 46.9 Å². The Morgan fingerprint density at radius 3 is 2.61 bits per heavy atom. The number of hydrogen-bond donors (Lipinski definition) is 0. The lowest BCUT2D eigenvalue weighted by Gasteiger charge is -2.35. The van der Waals surface area contributed by atoms with Gasteiger partial charge in [-0.15, -0.1) is 0 Å². The van der Waals surface area contributed by atoms with Crippen LogP contribution in [0.4, 0.5) is 0 Å². The predicted octanol–water partition coefficient (Wildman–Crippen LogP) is 3.28. The monoisotopic (exact) mass is 334 g/mol. The molecular formula is C18H22O4S. The van der Waals surface area contributed by atoms with Gasteiger partial charge >= 0.3 is 5.97 Å². The van der Waals surface area contributed by atoms with Crippen molar-refractivity contribution in [2.45, 2.75) is 55.3 Å². The number of carbonyl (C=O) groups excluding carboxylic acids is 1. The van der Waals surface area contributed by atoms with E-state index in [4.69, 9.17) is 4.74 Å². The van der Waals surface area contributed by atoms with Gasteiger partial charge in [0.25, 0.3) is 0 Å². The second-order valence-corrected chi connectivity index (χ2v) is 8.71. The van der Waals surface area contributed by atoms with Crippen LogP contribution in [0.25, 0.3) is 0 Å². The second-order valence-electron chi connectivity index (χ2n) is 6.51. The van der Waals surface area contributed by atoms with Crippen molar-refractivity contribution in [2.24, 2.45) is 5.92 Å². The van der Waals surface area contributed by atoms with Gasteiger partial charge in [0.15, 0.2) is 14.6 Å². The Labute approximate surface area is 137 Å². The minimum atomic E-state index is -3.81. The molecule has 0 unspecified atom stereocenters. The van der Waals surface area contributed by atoms with E-state index in [0.29, 0.717) is 12.8 Å². The van der Waals surface area contributed by atoms with E-state index in [1.807, 2.05) is 19.9 Å². The molecule has 4 nitrogen and oxygen atoms in total. The number of allylic oxidation sites excluding steroid dienone is 2. The molecule has 0 spiro atoms. The number of ether oxygens (including phenoxy) is 1. The van der Waals surface area contributed by atoms with E-state index >= 15 is 0 Å². The summed E-state index contributed by atoms with van der Waals surface area (Å²) in [6.45, 7) is 3.91. The molecule has 124 valence electrons. The van der Waals surface area contributed by atoms with Crippen LogP contribution in [0.5, 0.6) is 0 Å². The number of hydrogen-bond acceptors (Lipinski definition) is 4. The largest absolute Gasteiger partial charge is 0.461 e. The highest BCUT2D eigenvalue weighted by Gasteiger charge is 2.65. The van der Waals surface area contributed by atoms with Crippen molar-refractivity contribution < 1.29 is 17.9 Å². The van der Waals surface area contributed by atoms with E-state index in [2.05, 4.69) is 0 Å². The van der Waals surface area contributed by atoms with Crippen molar-refractivity contribution in [3.8, 4) is 0 Å². The quantitative estimate of drug-likeness (QED) is 0.626. The van der Waals surface area contributed by atoms with Crippen LogP contribution in [0.1, 0.15) is 39.5 Å². The lowest BCUT2D eigenvalue weighted by molar-refractivity contribution is -0.143. The van der Waals surface area contributed by atoms with Crippen LogP contribution in [-0.4, -0.2) is 25.2 Å². The van der Waals surface area contributed by atoms with E-state index in [1.54, 1.807) is 30.3 Å². The standard InChI is InChI=1S/C18H22O4S/c1-3-7-16-15-11-10-13(2)12-18(15,17(19)22-16)23(20,21)14-8-5-4-6-9-14/h4-6,8-10,15-16H,3,7,11-12H2,1-2H3/t15-,16-,18+/m1/s1. The molecule has 0 bridgehead atoms. The van der Waals surface area contributed by atoms with Crippen molar-refractivity contribution in [2.75, 3.05) is 0 Å². The summed E-state index contributed by atoms with van der Waals surface area (Å²) in [4.78, 5) is 13.0. The minimum absolute atomic E-state index is 0.203. The fraction of sp³-hybridized carbons (Fsp3) is 0.500. The summed E-state index contributed by atoms with van der Waals surface area (Å²) >= 11 is 0. The van der Waals surface area contributed by atoms with E-state index in [9.17, 15) is 13.2 Å². The number of benzene rings is 1. The normalized spacial score (nSPS) is 30.5. The molecule has 0 radical (unpaired) electrons. The molecule has 1 heterocycles. The number of rotatable bonds is 4. The molecule has 1 fully saturated rings. The van der Waals surface area contributed by atoms with Crippen LogP contribution in [0, 0.1) is 5.92 Å². The first kappa shape index (κ1) is 16.2. The average molecular weight is 334 g/mol. The Kier molecular flexibility index (Phi) is 4.08. The van der Waals surface area contributed by atoms with Gasteiger partial charge in [0, 0.05) is 5.92 Å². The molecule has 0 N–H and O–H groups in total. The topological polar surface area (TPSA) is 60.4 Å². The molecule has 0 saturated carbocycles. The summed E-state index contributed by atoms with van der Waals surface area (Å²) in [7, 11) is -3.81. The molecule has 0 aromatic heterocycles. The molecule has 1 saturated heterocycles. The van der Waals surface area contributed by atoms with Gasteiger partial charge in [-0.3, -0.25) is 4.79 Å². The molecule has 1 aromatic rings. The summed E-state index contributed by atoms with van der Waals surface area (Å²) in [5.74, 6) is -0.874. The molecule has 1 aliphatic carbocycles. The molecule has 1 aromatic carbocycles. The first-order valence-electron chi connectivity index (χ1n) is 8.10. The van der Waals surface area contributed by atoms with Gasteiger partial charge in [0.1, 0.15) is 6.10 Å². The Hall–Kier alpha value is -1.62. The molecule has 0 amide bonds. The van der Waals surface area contributed by atoms with Crippen LogP contribution in [-0.2, 0) is 19.4 Å². The Morgan fingerprint density at radius 2 is 1.96 bits per heavy atom. The summed E-state index contributed by atoms with van der Waals surface area (Å²) < 4.78 is 30.8. The second kappa shape index (κ2) is 5.78. The van der Waals surface area contributed by atoms with Crippen LogP contribution in [0.2, 0.25) is 0 Å². The third-order valence-electron chi connectivity index (χ3n) is 5.02. The highest BCUT2D eigenvalue weighted by atomic mass is 32.2. The first-order chi connectivity index (χ1) is 10.9. The molecule has 3 atom stereocenters. The van der Waals surface area contributed by atoms with Crippen molar-refractivity contribution in [1.29, 1.82) is 0 Å². The zero-order valence-electron chi connectivity index (χ0n) is 13.5. The highest BCUT2D eigenvalue weighted by molar-refractivity contribution is 7.93. The van der Waals surface area contributed by atoms with Gasteiger partial charge < -0.3 is 4.74 Å². The third-order valence-corrected chi connectivity index (χ3v) is 7.49. The molecular weight excluding hydrogens is 312 g/mol. The van der Waals surface area contributed by atoms with Crippen molar-refractivity contribution in [3.63, 3.8) is 0 Å². The summed E-state index contributed by atoms with van der Waals surface area (Å²) in [5.41, 5.74) is 0.940. The molecule has 5 heteroatoms. The average Bonchev–Trinajstić information content (AvgIpc) is 2.82. The highest BCUT2D eigenvalue weighted by Crippen LogP contribution is 2.50. The Balaban J connectivity index is 2.16. The zero-order chi connectivity index (χ0) is 16.7. The van der Waals surface area contributed by atoms with Crippen LogP contribution < -0.4 is 0 Å². The lowest BCUT2D eigenvalue weighted by Crippen LogP contribution is -2.50. The van der Waals surface area contributed by atoms with Gasteiger partial charge in [-0.2, -0.15) is 0 Å². The van der Waals surface area contributed by atoms with Crippen molar-refractivity contribution >= 4 is 15.8 Å². The van der Waals surface area contributed by atoms with Gasteiger partial charge in [-0.1, -0.05) is 43.2 Å². The minimum Gasteiger partial charge on any atom is -0.461 e. The maximum Gasteiger partial charge on any atom is 0.328 e. The number of carbonyl (C=O) groups is 1. The van der Waals surface area contributed by atoms with Gasteiger partial charge in [-0.25, -0.2) is 8.42 Å².